The largest absolute Gasteiger partial charge is 0.240 e. The molecule has 0 bridgehead atoms. The molecule has 2 rings (SSSR count). The third kappa shape index (κ3) is 1.75. The van der Waals surface area contributed by atoms with Gasteiger partial charge >= 0.3 is 0 Å². The van der Waals surface area contributed by atoms with E-state index in [0.29, 0.717) is 10.9 Å². The Bertz CT molecular complexity index is 544. The normalized spacial score (nSPS) is 12.1. The molecule has 0 amide bonds. The molecule has 0 radical (unpaired) electrons. The molecule has 84 valence electrons. The molecule has 0 N–H and O–H groups in total. The topological polar surface area (TPSA) is 25.8 Å². The summed E-state index contributed by atoms with van der Waals surface area (Å²) < 4.78 is 26.2. The summed E-state index contributed by atoms with van der Waals surface area (Å²) in [5.41, 5.74) is 0.918. The fourth-order valence-electron chi connectivity index (χ4n) is 1.65. The van der Waals surface area contributed by atoms with Gasteiger partial charge in [0.25, 0.3) is 0 Å². The molecule has 1 aromatic heterocycles. The molecule has 0 atom stereocenters. The van der Waals surface area contributed by atoms with E-state index in [4.69, 9.17) is 0 Å². The second-order valence-electron chi connectivity index (χ2n) is 4.76. The highest BCUT2D eigenvalue weighted by Gasteiger charge is 2.20. The summed E-state index contributed by atoms with van der Waals surface area (Å²) in [7, 11) is 0. The van der Waals surface area contributed by atoms with Crippen molar-refractivity contribution in [3.05, 3.63) is 35.8 Å². The van der Waals surface area contributed by atoms with Crippen LogP contribution in [0.1, 0.15) is 26.5 Å². The maximum Gasteiger partial charge on any atom is 0.161 e. The van der Waals surface area contributed by atoms with Crippen LogP contribution in [-0.2, 0) is 5.41 Å². The summed E-state index contributed by atoms with van der Waals surface area (Å²) in [5, 5.41) is 0.564. The molecular weight excluding hydrogens is 210 g/mol. The minimum absolute atomic E-state index is 0.231. The van der Waals surface area contributed by atoms with Gasteiger partial charge in [-0.05, 0) is 6.07 Å². The summed E-state index contributed by atoms with van der Waals surface area (Å²) in [6.07, 6.45) is 1.38. The van der Waals surface area contributed by atoms with E-state index in [2.05, 4.69) is 9.97 Å². The first-order valence-corrected chi connectivity index (χ1v) is 5.00. The predicted molar refractivity (Wildman–Crippen MR) is 58.2 cm³/mol. The molecule has 0 aliphatic rings. The van der Waals surface area contributed by atoms with Crippen molar-refractivity contribution in [2.75, 3.05) is 0 Å². The molecule has 4 heteroatoms. The van der Waals surface area contributed by atoms with E-state index in [0.717, 1.165) is 17.8 Å². The van der Waals surface area contributed by atoms with Crippen LogP contribution in [0.25, 0.3) is 10.9 Å². The summed E-state index contributed by atoms with van der Waals surface area (Å²) in [6, 6.07) is 2.26. The van der Waals surface area contributed by atoms with Crippen LogP contribution >= 0.6 is 0 Å². The number of rotatable bonds is 0. The molecule has 2 aromatic rings. The van der Waals surface area contributed by atoms with Crippen molar-refractivity contribution >= 4 is 10.9 Å². The molecule has 0 fully saturated rings. The van der Waals surface area contributed by atoms with Crippen LogP contribution in [0.5, 0.6) is 0 Å². The highest BCUT2D eigenvalue weighted by atomic mass is 19.2. The molecular formula is C12H12F2N2. The monoisotopic (exact) mass is 222 g/mol. The predicted octanol–water partition coefficient (Wildman–Crippen LogP) is 3.21. The zero-order chi connectivity index (χ0) is 11.9. The number of benzene rings is 1. The SMILES string of the molecule is CC(C)(C)c1ncnc2cc(F)c(F)cc12. The van der Waals surface area contributed by atoms with E-state index in [1.54, 1.807) is 0 Å². The first-order chi connectivity index (χ1) is 7.39. The van der Waals surface area contributed by atoms with E-state index in [9.17, 15) is 8.78 Å². The smallest absolute Gasteiger partial charge is 0.161 e. The summed E-state index contributed by atoms with van der Waals surface area (Å²) in [6.45, 7) is 5.90. The van der Waals surface area contributed by atoms with Crippen molar-refractivity contribution in [2.45, 2.75) is 26.2 Å². The van der Waals surface area contributed by atoms with Crippen LogP contribution in [0.2, 0.25) is 0 Å². The van der Waals surface area contributed by atoms with Crippen LogP contribution in [0, 0.1) is 11.6 Å². The third-order valence-corrected chi connectivity index (χ3v) is 2.39. The molecule has 0 spiro atoms. The zero-order valence-corrected chi connectivity index (χ0v) is 9.38. The average molecular weight is 222 g/mol. The van der Waals surface area contributed by atoms with Crippen molar-refractivity contribution in [1.82, 2.24) is 9.97 Å². The Morgan fingerprint density at radius 3 is 2.25 bits per heavy atom. The van der Waals surface area contributed by atoms with Crippen LogP contribution in [-0.4, -0.2) is 9.97 Å². The molecule has 1 heterocycles. The maximum atomic E-state index is 13.2. The molecule has 0 unspecified atom stereocenters. The number of halogens is 2. The quantitative estimate of drug-likeness (QED) is 0.684. The van der Waals surface area contributed by atoms with E-state index in [-0.39, 0.29) is 5.41 Å². The van der Waals surface area contributed by atoms with Gasteiger partial charge in [-0.3, -0.25) is 0 Å². The Morgan fingerprint density at radius 1 is 1.00 bits per heavy atom. The van der Waals surface area contributed by atoms with Crippen molar-refractivity contribution in [3.8, 4) is 0 Å². The maximum absolute atomic E-state index is 13.2. The van der Waals surface area contributed by atoms with Crippen molar-refractivity contribution in [2.24, 2.45) is 0 Å². The van der Waals surface area contributed by atoms with Gasteiger partial charge in [-0.15, -0.1) is 0 Å². The number of nitrogens with zero attached hydrogens (tertiary/aromatic N) is 2. The second-order valence-corrected chi connectivity index (χ2v) is 4.76. The second kappa shape index (κ2) is 3.47. The van der Waals surface area contributed by atoms with Gasteiger partial charge in [0.05, 0.1) is 11.2 Å². The van der Waals surface area contributed by atoms with Crippen molar-refractivity contribution in [1.29, 1.82) is 0 Å². The molecule has 0 saturated carbocycles. The van der Waals surface area contributed by atoms with Crippen LogP contribution in [0.4, 0.5) is 8.78 Å². The molecule has 0 aliphatic heterocycles. The Balaban J connectivity index is 2.82. The first-order valence-electron chi connectivity index (χ1n) is 5.00. The molecule has 0 aliphatic carbocycles. The molecule has 16 heavy (non-hydrogen) atoms. The Hall–Kier alpha value is -1.58. The first kappa shape index (κ1) is 10.9. The van der Waals surface area contributed by atoms with E-state index >= 15 is 0 Å². The van der Waals surface area contributed by atoms with Crippen LogP contribution in [0.3, 0.4) is 0 Å². The molecule has 1 aromatic carbocycles. The fourth-order valence-corrected chi connectivity index (χ4v) is 1.65. The number of hydrogen-bond acceptors (Lipinski definition) is 2. The Labute approximate surface area is 92.3 Å². The highest BCUT2D eigenvalue weighted by Crippen LogP contribution is 2.27. The van der Waals surface area contributed by atoms with Crippen LogP contribution < -0.4 is 0 Å². The fraction of sp³-hybridized carbons (Fsp3) is 0.333. The molecule has 2 nitrogen and oxygen atoms in total. The third-order valence-electron chi connectivity index (χ3n) is 2.39. The summed E-state index contributed by atoms with van der Waals surface area (Å²) in [5.74, 6) is -1.75. The highest BCUT2D eigenvalue weighted by molar-refractivity contribution is 5.81. The van der Waals surface area contributed by atoms with Crippen molar-refractivity contribution < 1.29 is 8.78 Å². The number of aromatic nitrogens is 2. The lowest BCUT2D eigenvalue weighted by Gasteiger charge is -2.19. The number of hydrogen-bond donors (Lipinski definition) is 0. The van der Waals surface area contributed by atoms with E-state index < -0.39 is 11.6 Å². The Kier molecular flexibility index (Phi) is 2.37. The van der Waals surface area contributed by atoms with E-state index in [1.165, 1.54) is 6.33 Å². The molecule has 0 saturated heterocycles. The van der Waals surface area contributed by atoms with E-state index in [1.807, 2.05) is 20.8 Å². The zero-order valence-electron chi connectivity index (χ0n) is 9.38. The van der Waals surface area contributed by atoms with Gasteiger partial charge in [-0.25, -0.2) is 18.7 Å². The van der Waals surface area contributed by atoms with Gasteiger partial charge in [0, 0.05) is 16.9 Å². The minimum Gasteiger partial charge on any atom is -0.240 e. The summed E-state index contributed by atoms with van der Waals surface area (Å²) in [4.78, 5) is 8.09. The van der Waals surface area contributed by atoms with Gasteiger partial charge in [0.2, 0.25) is 0 Å². The van der Waals surface area contributed by atoms with Gasteiger partial charge in [0.15, 0.2) is 11.6 Å². The lowest BCUT2D eigenvalue weighted by Crippen LogP contribution is -2.14. The average Bonchev–Trinajstić information content (AvgIpc) is 2.17. The lowest BCUT2D eigenvalue weighted by atomic mass is 9.89. The standard InChI is InChI=1S/C12H12F2N2/c1-12(2,3)11-7-4-8(13)9(14)5-10(7)15-6-16-11/h4-6H,1-3H3. The Morgan fingerprint density at radius 2 is 1.62 bits per heavy atom. The number of fused-ring (bicyclic) bond motifs is 1. The summed E-state index contributed by atoms with van der Waals surface area (Å²) >= 11 is 0. The van der Waals surface area contributed by atoms with Crippen LogP contribution in [0.15, 0.2) is 18.5 Å². The lowest BCUT2D eigenvalue weighted by molar-refractivity contribution is 0.509. The van der Waals surface area contributed by atoms with Crippen molar-refractivity contribution in [3.63, 3.8) is 0 Å². The minimum atomic E-state index is -0.883. The van der Waals surface area contributed by atoms with Gasteiger partial charge in [-0.2, -0.15) is 0 Å². The van der Waals surface area contributed by atoms with Gasteiger partial charge in [-0.1, -0.05) is 20.8 Å². The van der Waals surface area contributed by atoms with Gasteiger partial charge in [0.1, 0.15) is 6.33 Å². The van der Waals surface area contributed by atoms with Gasteiger partial charge < -0.3 is 0 Å².